The van der Waals surface area contributed by atoms with Gasteiger partial charge in [0, 0.05) is 15.1 Å². The van der Waals surface area contributed by atoms with E-state index in [0.29, 0.717) is 10.8 Å². The first-order valence-corrected chi connectivity index (χ1v) is 5.32. The lowest BCUT2D eigenvalue weighted by atomic mass is 10.2. The van der Waals surface area contributed by atoms with Gasteiger partial charge in [0.15, 0.2) is 10.6 Å². The molecule has 0 radical (unpaired) electrons. The van der Waals surface area contributed by atoms with E-state index in [-0.39, 0.29) is 4.88 Å². The van der Waals surface area contributed by atoms with E-state index in [9.17, 15) is 4.79 Å². The quantitative estimate of drug-likeness (QED) is 0.879. The third kappa shape index (κ3) is 1.66. The van der Waals surface area contributed by atoms with Crippen LogP contribution in [0.4, 0.5) is 0 Å². The number of ether oxygens (including phenoxy) is 1. The van der Waals surface area contributed by atoms with Crippen molar-refractivity contribution in [3.05, 3.63) is 28.1 Å². The second-order valence-corrected chi connectivity index (χ2v) is 4.40. The summed E-state index contributed by atoms with van der Waals surface area (Å²) < 4.78 is 5.94. The van der Waals surface area contributed by atoms with Crippen LogP contribution in [0.2, 0.25) is 5.02 Å². The summed E-state index contributed by atoms with van der Waals surface area (Å²) in [5.74, 6) is -0.603. The first kappa shape index (κ1) is 10.3. The lowest BCUT2D eigenvalue weighted by Crippen LogP contribution is -1.95. The van der Waals surface area contributed by atoms with Crippen molar-refractivity contribution in [2.45, 2.75) is 0 Å². The molecule has 15 heavy (non-hydrogen) atoms. The molecule has 1 N–H and O–H groups in total. The highest BCUT2D eigenvalue weighted by molar-refractivity contribution is 7.21. The highest BCUT2D eigenvalue weighted by atomic mass is 35.5. The van der Waals surface area contributed by atoms with Crippen LogP contribution in [0.1, 0.15) is 9.67 Å². The molecule has 0 saturated carbocycles. The molecule has 5 heteroatoms. The highest BCUT2D eigenvalue weighted by Gasteiger charge is 2.18. The molecular weight excluding hydrogens is 236 g/mol. The number of methoxy groups -OCH3 is 1. The fraction of sp³-hybridized carbons (Fsp3) is 0.100. The normalized spacial score (nSPS) is 10.5. The fourth-order valence-corrected chi connectivity index (χ4v) is 2.55. The van der Waals surface area contributed by atoms with Gasteiger partial charge in [0.2, 0.25) is 0 Å². The Morgan fingerprint density at radius 1 is 1.53 bits per heavy atom. The second-order valence-electron chi connectivity index (χ2n) is 2.91. The number of carbonyl (C=O) groups is 1. The molecule has 0 fully saturated rings. The standard InChI is InChI=1S/C10H7ClO3S/c1-14-8-6-4-5(11)2-3-7(6)15-9(8)10(12)13/h2-4H,1H3,(H,12,13). The van der Waals surface area contributed by atoms with Gasteiger partial charge >= 0.3 is 5.97 Å². The summed E-state index contributed by atoms with van der Waals surface area (Å²) in [6.07, 6.45) is 0. The number of carboxylic acid groups (broad SMARTS) is 1. The van der Waals surface area contributed by atoms with Crippen LogP contribution in [0.5, 0.6) is 5.75 Å². The fourth-order valence-electron chi connectivity index (χ4n) is 1.39. The van der Waals surface area contributed by atoms with Crippen molar-refractivity contribution < 1.29 is 14.6 Å². The maximum Gasteiger partial charge on any atom is 0.349 e. The van der Waals surface area contributed by atoms with Crippen molar-refractivity contribution in [3.63, 3.8) is 0 Å². The van der Waals surface area contributed by atoms with Gasteiger partial charge in [-0.3, -0.25) is 0 Å². The Kier molecular flexibility index (Phi) is 2.54. The van der Waals surface area contributed by atoms with Crippen molar-refractivity contribution in [3.8, 4) is 5.75 Å². The maximum atomic E-state index is 10.9. The molecule has 3 nitrogen and oxygen atoms in total. The zero-order valence-corrected chi connectivity index (χ0v) is 9.35. The predicted octanol–water partition coefficient (Wildman–Crippen LogP) is 3.26. The molecule has 0 saturated heterocycles. The van der Waals surface area contributed by atoms with E-state index in [4.69, 9.17) is 21.4 Å². The summed E-state index contributed by atoms with van der Waals surface area (Å²) in [7, 11) is 1.45. The minimum Gasteiger partial charge on any atom is -0.494 e. The van der Waals surface area contributed by atoms with E-state index < -0.39 is 5.97 Å². The molecule has 1 aromatic heterocycles. The summed E-state index contributed by atoms with van der Waals surface area (Å²) in [4.78, 5) is 11.1. The van der Waals surface area contributed by atoms with Crippen molar-refractivity contribution in [1.29, 1.82) is 0 Å². The van der Waals surface area contributed by atoms with E-state index >= 15 is 0 Å². The molecular formula is C10H7ClO3S. The number of thiophene rings is 1. The molecule has 0 amide bonds. The van der Waals surface area contributed by atoms with Gasteiger partial charge in [-0.25, -0.2) is 4.79 Å². The third-order valence-electron chi connectivity index (χ3n) is 2.00. The topological polar surface area (TPSA) is 46.5 Å². The molecule has 2 aromatic rings. The highest BCUT2D eigenvalue weighted by Crippen LogP contribution is 2.38. The van der Waals surface area contributed by atoms with Crippen LogP contribution in [-0.4, -0.2) is 18.2 Å². The van der Waals surface area contributed by atoms with Crippen LogP contribution in [0.15, 0.2) is 18.2 Å². The second kappa shape index (κ2) is 3.72. The molecule has 0 unspecified atom stereocenters. The Bertz CT molecular complexity index is 533. The van der Waals surface area contributed by atoms with Crippen molar-refractivity contribution >= 4 is 39.0 Å². The molecule has 0 spiro atoms. The molecule has 0 bridgehead atoms. The summed E-state index contributed by atoms with van der Waals surface area (Å²) in [6, 6.07) is 5.22. The summed E-state index contributed by atoms with van der Waals surface area (Å²) >= 11 is 7.02. The summed E-state index contributed by atoms with van der Waals surface area (Å²) in [6.45, 7) is 0. The van der Waals surface area contributed by atoms with Crippen LogP contribution in [0.3, 0.4) is 0 Å². The van der Waals surface area contributed by atoms with Gasteiger partial charge in [-0.2, -0.15) is 0 Å². The van der Waals surface area contributed by atoms with Gasteiger partial charge in [0.25, 0.3) is 0 Å². The van der Waals surface area contributed by atoms with Crippen LogP contribution >= 0.6 is 22.9 Å². The monoisotopic (exact) mass is 242 g/mol. The van der Waals surface area contributed by atoms with E-state index in [1.165, 1.54) is 18.4 Å². The predicted molar refractivity (Wildman–Crippen MR) is 60.3 cm³/mol. The Balaban J connectivity index is 2.79. The average Bonchev–Trinajstić information content (AvgIpc) is 2.55. The lowest BCUT2D eigenvalue weighted by molar-refractivity contribution is 0.0699. The van der Waals surface area contributed by atoms with Crippen molar-refractivity contribution in [1.82, 2.24) is 0 Å². The smallest absolute Gasteiger partial charge is 0.349 e. The van der Waals surface area contributed by atoms with Gasteiger partial charge in [0.05, 0.1) is 7.11 Å². The molecule has 1 heterocycles. The number of benzene rings is 1. The molecule has 0 aliphatic heterocycles. The largest absolute Gasteiger partial charge is 0.494 e. The Labute approximate surface area is 94.9 Å². The Morgan fingerprint density at radius 2 is 2.27 bits per heavy atom. The van der Waals surface area contributed by atoms with Gasteiger partial charge in [-0.1, -0.05) is 11.6 Å². The minimum absolute atomic E-state index is 0.203. The van der Waals surface area contributed by atoms with E-state index in [2.05, 4.69) is 0 Å². The van der Waals surface area contributed by atoms with Gasteiger partial charge in [0.1, 0.15) is 0 Å². The minimum atomic E-state index is -0.982. The Hall–Kier alpha value is -1.26. The third-order valence-corrected chi connectivity index (χ3v) is 3.38. The first-order chi connectivity index (χ1) is 7.13. The molecule has 1 aromatic carbocycles. The molecule has 2 rings (SSSR count). The number of rotatable bonds is 2. The summed E-state index contributed by atoms with van der Waals surface area (Å²) in [5.41, 5.74) is 0. The molecule has 0 atom stereocenters. The number of aromatic carboxylic acids is 1. The SMILES string of the molecule is COc1c(C(=O)O)sc2ccc(Cl)cc12. The molecule has 0 aliphatic carbocycles. The Morgan fingerprint density at radius 3 is 2.87 bits per heavy atom. The van der Waals surface area contributed by atoms with Gasteiger partial charge < -0.3 is 9.84 Å². The molecule has 78 valence electrons. The van der Waals surface area contributed by atoms with Crippen LogP contribution in [-0.2, 0) is 0 Å². The van der Waals surface area contributed by atoms with Gasteiger partial charge in [-0.15, -0.1) is 11.3 Å². The van der Waals surface area contributed by atoms with Crippen LogP contribution in [0, 0.1) is 0 Å². The van der Waals surface area contributed by atoms with E-state index in [1.807, 2.05) is 0 Å². The number of carboxylic acids is 1. The van der Waals surface area contributed by atoms with Crippen molar-refractivity contribution in [2.75, 3.05) is 7.11 Å². The van der Waals surface area contributed by atoms with Gasteiger partial charge in [-0.05, 0) is 18.2 Å². The summed E-state index contributed by atoms with van der Waals surface area (Å²) in [5, 5.41) is 10.3. The van der Waals surface area contributed by atoms with Crippen molar-refractivity contribution in [2.24, 2.45) is 0 Å². The number of hydrogen-bond acceptors (Lipinski definition) is 3. The number of hydrogen-bond donors (Lipinski definition) is 1. The zero-order chi connectivity index (χ0) is 11.0. The van der Waals surface area contributed by atoms with Crippen LogP contribution in [0.25, 0.3) is 10.1 Å². The number of halogens is 1. The first-order valence-electron chi connectivity index (χ1n) is 4.13. The average molecular weight is 243 g/mol. The number of fused-ring (bicyclic) bond motifs is 1. The zero-order valence-electron chi connectivity index (χ0n) is 7.78. The van der Waals surface area contributed by atoms with E-state index in [1.54, 1.807) is 18.2 Å². The lowest BCUT2D eigenvalue weighted by Gasteiger charge is -1.98. The van der Waals surface area contributed by atoms with Crippen LogP contribution < -0.4 is 4.74 Å². The molecule has 0 aliphatic rings. The van der Waals surface area contributed by atoms with E-state index in [0.717, 1.165) is 10.1 Å². The maximum absolute atomic E-state index is 10.9.